The average molecular weight is 399 g/mol. The van der Waals surface area contributed by atoms with Crippen molar-refractivity contribution in [2.75, 3.05) is 0 Å². The summed E-state index contributed by atoms with van der Waals surface area (Å²) in [5.74, 6) is 4.93. The molecule has 0 aromatic heterocycles. The Balaban J connectivity index is 1.88. The molecule has 9 atom stereocenters. The summed E-state index contributed by atoms with van der Waals surface area (Å²) < 4.78 is 0.0424. The fourth-order valence-electron chi connectivity index (χ4n) is 6.49. The standard InChI is InChI=1S/C11H11Br3O/c12-9-5-3-1-2-4(5)8-10(9,15)6(3)7(2)11(8,13)14/h2-9,15H,1H2/t2-,3+,4-,5-,6-,7+,8+,9+,10+/m0/s1. The van der Waals surface area contributed by atoms with Crippen molar-refractivity contribution in [3.05, 3.63) is 0 Å². The molecule has 0 aromatic rings. The molecule has 0 saturated heterocycles. The molecule has 82 valence electrons. The van der Waals surface area contributed by atoms with Gasteiger partial charge >= 0.3 is 0 Å². The van der Waals surface area contributed by atoms with Crippen molar-refractivity contribution < 1.29 is 5.11 Å². The summed E-state index contributed by atoms with van der Waals surface area (Å²) in [4.78, 5) is 0.363. The van der Waals surface area contributed by atoms with Crippen LogP contribution in [0.3, 0.4) is 0 Å². The Morgan fingerprint density at radius 3 is 2.40 bits per heavy atom. The van der Waals surface area contributed by atoms with E-state index in [4.69, 9.17) is 0 Å². The molecule has 0 amide bonds. The van der Waals surface area contributed by atoms with Crippen LogP contribution >= 0.6 is 47.8 Å². The Morgan fingerprint density at radius 2 is 1.73 bits per heavy atom. The molecular weight excluding hydrogens is 388 g/mol. The Labute approximate surface area is 114 Å². The first-order valence-electron chi connectivity index (χ1n) is 5.75. The zero-order valence-electron chi connectivity index (χ0n) is 7.91. The quantitative estimate of drug-likeness (QED) is 0.622. The van der Waals surface area contributed by atoms with Crippen molar-refractivity contribution in [3.8, 4) is 0 Å². The Bertz CT molecular complexity index is 395. The van der Waals surface area contributed by atoms with Gasteiger partial charge < -0.3 is 5.11 Å². The van der Waals surface area contributed by atoms with Crippen LogP contribution in [-0.2, 0) is 0 Å². The Kier molecular flexibility index (Phi) is 1.35. The van der Waals surface area contributed by atoms with E-state index in [0.717, 1.165) is 23.7 Å². The molecule has 1 nitrogen and oxygen atoms in total. The van der Waals surface area contributed by atoms with E-state index in [1.807, 2.05) is 0 Å². The third-order valence-corrected chi connectivity index (χ3v) is 9.73. The van der Waals surface area contributed by atoms with Crippen molar-refractivity contribution in [1.29, 1.82) is 0 Å². The van der Waals surface area contributed by atoms with Crippen LogP contribution in [0.15, 0.2) is 0 Å². The molecule has 6 bridgehead atoms. The van der Waals surface area contributed by atoms with E-state index in [1.165, 1.54) is 6.42 Å². The molecule has 6 aliphatic rings. The molecule has 0 aliphatic heterocycles. The molecule has 6 rings (SSSR count). The molecule has 0 spiro atoms. The molecule has 0 heterocycles. The number of hydrogen-bond donors (Lipinski definition) is 1. The fourth-order valence-corrected chi connectivity index (χ4v) is 10.4. The molecule has 6 aliphatic carbocycles. The van der Waals surface area contributed by atoms with Crippen LogP contribution in [0.4, 0.5) is 0 Å². The highest BCUT2D eigenvalue weighted by molar-refractivity contribution is 9.25. The lowest BCUT2D eigenvalue weighted by molar-refractivity contribution is -0.0514. The minimum atomic E-state index is -0.412. The monoisotopic (exact) mass is 396 g/mol. The van der Waals surface area contributed by atoms with E-state index in [1.54, 1.807) is 0 Å². The Hall–Kier alpha value is 1.40. The lowest BCUT2D eigenvalue weighted by Crippen LogP contribution is -2.46. The average Bonchev–Trinajstić information content (AvgIpc) is 2.81. The second-order valence-corrected chi connectivity index (χ2v) is 10.9. The maximum atomic E-state index is 11.0. The first-order valence-corrected chi connectivity index (χ1v) is 8.25. The summed E-state index contributed by atoms with van der Waals surface area (Å²) in [6.07, 6.45) is 1.38. The minimum absolute atomic E-state index is 0.0424. The zero-order chi connectivity index (χ0) is 10.3. The van der Waals surface area contributed by atoms with Gasteiger partial charge in [-0.25, -0.2) is 0 Å². The predicted octanol–water partition coefficient (Wildman–Crippen LogP) is 2.74. The molecule has 6 saturated carbocycles. The largest absolute Gasteiger partial charge is 0.388 e. The van der Waals surface area contributed by atoms with Crippen LogP contribution < -0.4 is 0 Å². The topological polar surface area (TPSA) is 20.2 Å². The molecule has 0 aromatic carbocycles. The van der Waals surface area contributed by atoms with Gasteiger partial charge in [-0.3, -0.25) is 0 Å². The second-order valence-electron chi connectivity index (χ2n) is 6.21. The van der Waals surface area contributed by atoms with Crippen molar-refractivity contribution in [3.63, 3.8) is 0 Å². The third-order valence-electron chi connectivity index (χ3n) is 6.34. The maximum absolute atomic E-state index is 11.0. The van der Waals surface area contributed by atoms with Crippen LogP contribution in [0.25, 0.3) is 0 Å². The summed E-state index contributed by atoms with van der Waals surface area (Å²) in [6, 6.07) is 0. The van der Waals surface area contributed by atoms with Crippen molar-refractivity contribution in [2.24, 2.45) is 41.4 Å². The van der Waals surface area contributed by atoms with Gasteiger partial charge in [-0.15, -0.1) is 0 Å². The molecular formula is C11H11Br3O. The highest BCUT2D eigenvalue weighted by Gasteiger charge is 2.91. The van der Waals surface area contributed by atoms with Crippen LogP contribution in [0.5, 0.6) is 0 Å². The van der Waals surface area contributed by atoms with Crippen LogP contribution in [0.1, 0.15) is 6.42 Å². The lowest BCUT2D eigenvalue weighted by Gasteiger charge is -2.38. The van der Waals surface area contributed by atoms with Crippen molar-refractivity contribution >= 4 is 47.8 Å². The first-order chi connectivity index (χ1) is 7.00. The van der Waals surface area contributed by atoms with Crippen LogP contribution in [0, 0.1) is 41.4 Å². The summed E-state index contributed by atoms with van der Waals surface area (Å²) in [5.41, 5.74) is -0.412. The van der Waals surface area contributed by atoms with E-state index in [-0.39, 0.29) is 3.23 Å². The first kappa shape index (κ1) is 9.35. The number of hydrogen-bond acceptors (Lipinski definition) is 1. The molecule has 0 unspecified atom stereocenters. The molecule has 4 heteroatoms. The van der Waals surface area contributed by atoms with Crippen molar-refractivity contribution in [1.82, 2.24) is 0 Å². The molecule has 15 heavy (non-hydrogen) atoms. The van der Waals surface area contributed by atoms with E-state index >= 15 is 0 Å². The number of halogens is 3. The van der Waals surface area contributed by atoms with Crippen LogP contribution in [0.2, 0.25) is 0 Å². The highest BCUT2D eigenvalue weighted by atomic mass is 79.9. The van der Waals surface area contributed by atoms with Gasteiger partial charge in [0.05, 0.1) is 8.83 Å². The summed E-state index contributed by atoms with van der Waals surface area (Å²) in [6.45, 7) is 0. The number of rotatable bonds is 0. The van der Waals surface area contributed by atoms with E-state index in [0.29, 0.717) is 22.6 Å². The predicted molar refractivity (Wildman–Crippen MR) is 67.3 cm³/mol. The summed E-state index contributed by atoms with van der Waals surface area (Å²) in [5, 5.41) is 11.0. The van der Waals surface area contributed by atoms with Crippen LogP contribution in [-0.4, -0.2) is 18.8 Å². The normalized spacial score (nSPS) is 79.2. The maximum Gasteiger partial charge on any atom is 0.0898 e. The zero-order valence-corrected chi connectivity index (χ0v) is 12.7. The SMILES string of the molecule is O[C@@]12[C@H]3[C@@H]4C[C@H]5[C@@H]([C@H]4[C@H]1Br)[C@H]2C(Br)(Br)[C@H]53. The van der Waals surface area contributed by atoms with Gasteiger partial charge in [0, 0.05) is 10.7 Å². The van der Waals surface area contributed by atoms with Gasteiger partial charge in [0.1, 0.15) is 0 Å². The van der Waals surface area contributed by atoms with Gasteiger partial charge in [-0.1, -0.05) is 47.8 Å². The summed E-state index contributed by atoms with van der Waals surface area (Å²) in [7, 11) is 0. The van der Waals surface area contributed by atoms with Gasteiger partial charge in [0.15, 0.2) is 0 Å². The molecule has 1 N–H and O–H groups in total. The molecule has 6 fully saturated rings. The van der Waals surface area contributed by atoms with E-state index < -0.39 is 5.60 Å². The Morgan fingerprint density at radius 1 is 1.07 bits per heavy atom. The van der Waals surface area contributed by atoms with E-state index in [2.05, 4.69) is 47.8 Å². The number of aliphatic hydroxyl groups is 1. The van der Waals surface area contributed by atoms with Gasteiger partial charge in [0.25, 0.3) is 0 Å². The lowest BCUT2D eigenvalue weighted by atomic mass is 9.69. The smallest absolute Gasteiger partial charge is 0.0898 e. The molecule has 0 radical (unpaired) electrons. The van der Waals surface area contributed by atoms with Gasteiger partial charge in [0.2, 0.25) is 0 Å². The number of alkyl halides is 3. The minimum Gasteiger partial charge on any atom is -0.388 e. The second kappa shape index (κ2) is 2.17. The van der Waals surface area contributed by atoms with Gasteiger partial charge in [-0.2, -0.15) is 0 Å². The van der Waals surface area contributed by atoms with E-state index in [9.17, 15) is 5.11 Å². The highest BCUT2D eigenvalue weighted by Crippen LogP contribution is 2.89. The summed E-state index contributed by atoms with van der Waals surface area (Å²) >= 11 is 11.6. The fraction of sp³-hybridized carbons (Fsp3) is 1.00. The van der Waals surface area contributed by atoms with Crippen molar-refractivity contribution in [2.45, 2.75) is 20.1 Å². The van der Waals surface area contributed by atoms with Gasteiger partial charge in [-0.05, 0) is 41.9 Å². The third kappa shape index (κ3) is 0.609.